The molecule has 0 fully saturated rings. The lowest BCUT2D eigenvalue weighted by Gasteiger charge is -2.21. The molecule has 0 bridgehead atoms. The third kappa shape index (κ3) is 3.29. The first kappa shape index (κ1) is 13.7. The van der Waals surface area contributed by atoms with E-state index in [1.54, 1.807) is 19.1 Å². The average Bonchev–Trinajstić information content (AvgIpc) is 2.28. The van der Waals surface area contributed by atoms with Crippen molar-refractivity contribution in [1.29, 1.82) is 0 Å². The van der Waals surface area contributed by atoms with Crippen molar-refractivity contribution in [2.24, 2.45) is 5.92 Å². The Morgan fingerprint density at radius 2 is 2.06 bits per heavy atom. The molecule has 0 aromatic heterocycles. The molecule has 0 radical (unpaired) electrons. The second-order valence-corrected chi connectivity index (χ2v) is 4.67. The number of nitrogens with one attached hydrogen (secondary N) is 1. The fraction of sp³-hybridized carbons (Fsp3) is 0.500. The number of aryl methyl sites for hydroxylation is 1. The third-order valence-electron chi connectivity index (χ3n) is 3.00. The van der Waals surface area contributed by atoms with Gasteiger partial charge in [0.1, 0.15) is 5.82 Å². The Kier molecular flexibility index (Phi) is 4.67. The summed E-state index contributed by atoms with van der Waals surface area (Å²) in [5, 5.41) is 2.87. The normalized spacial score (nSPS) is 12.6. The molecule has 1 aromatic carbocycles. The molecule has 1 atom stereocenters. The van der Waals surface area contributed by atoms with Gasteiger partial charge in [-0.25, -0.2) is 4.39 Å². The van der Waals surface area contributed by atoms with Crippen LogP contribution in [0.15, 0.2) is 18.2 Å². The SMILES string of the molecule is CCC(NC(=O)c1cccc(C)c1F)C(C)C. The summed E-state index contributed by atoms with van der Waals surface area (Å²) in [4.78, 5) is 11.9. The molecule has 1 amide bonds. The van der Waals surface area contributed by atoms with E-state index in [0.717, 1.165) is 6.42 Å². The van der Waals surface area contributed by atoms with Gasteiger partial charge in [0.15, 0.2) is 0 Å². The lowest BCUT2D eigenvalue weighted by molar-refractivity contribution is 0.0920. The van der Waals surface area contributed by atoms with Crippen molar-refractivity contribution >= 4 is 5.91 Å². The Bertz CT molecular complexity index is 401. The number of amides is 1. The van der Waals surface area contributed by atoms with Gasteiger partial charge in [-0.3, -0.25) is 4.79 Å². The van der Waals surface area contributed by atoms with Crippen molar-refractivity contribution in [3.05, 3.63) is 35.1 Å². The Balaban J connectivity index is 2.86. The fourth-order valence-electron chi connectivity index (χ4n) is 1.81. The summed E-state index contributed by atoms with van der Waals surface area (Å²) in [6.07, 6.45) is 0.844. The Labute approximate surface area is 102 Å². The van der Waals surface area contributed by atoms with Gasteiger partial charge in [-0.05, 0) is 30.9 Å². The number of hydrogen-bond donors (Lipinski definition) is 1. The molecule has 1 rings (SSSR count). The van der Waals surface area contributed by atoms with Crippen LogP contribution in [0.1, 0.15) is 43.1 Å². The molecule has 1 unspecified atom stereocenters. The molecule has 0 saturated carbocycles. The van der Waals surface area contributed by atoms with Crippen molar-refractivity contribution in [3.63, 3.8) is 0 Å². The first-order valence-corrected chi connectivity index (χ1v) is 6.03. The van der Waals surface area contributed by atoms with Crippen LogP contribution in [0.3, 0.4) is 0 Å². The van der Waals surface area contributed by atoms with E-state index in [4.69, 9.17) is 0 Å². The van der Waals surface area contributed by atoms with Gasteiger partial charge >= 0.3 is 0 Å². The zero-order chi connectivity index (χ0) is 13.0. The van der Waals surface area contributed by atoms with Crippen LogP contribution in [-0.4, -0.2) is 11.9 Å². The van der Waals surface area contributed by atoms with E-state index in [2.05, 4.69) is 5.32 Å². The number of halogens is 1. The first-order chi connectivity index (χ1) is 7.97. The van der Waals surface area contributed by atoms with E-state index in [9.17, 15) is 9.18 Å². The average molecular weight is 237 g/mol. The highest BCUT2D eigenvalue weighted by Gasteiger charge is 2.18. The van der Waals surface area contributed by atoms with Crippen LogP contribution < -0.4 is 5.32 Å². The van der Waals surface area contributed by atoms with Crippen LogP contribution in [-0.2, 0) is 0 Å². The number of benzene rings is 1. The quantitative estimate of drug-likeness (QED) is 0.855. The van der Waals surface area contributed by atoms with Crippen LogP contribution in [0, 0.1) is 18.7 Å². The summed E-state index contributed by atoms with van der Waals surface area (Å²) in [6.45, 7) is 7.76. The van der Waals surface area contributed by atoms with Crippen LogP contribution in [0.4, 0.5) is 4.39 Å². The minimum absolute atomic E-state index is 0.0856. The molecule has 1 N–H and O–H groups in total. The second kappa shape index (κ2) is 5.80. The summed E-state index contributed by atoms with van der Waals surface area (Å²) >= 11 is 0. The monoisotopic (exact) mass is 237 g/mol. The summed E-state index contributed by atoms with van der Waals surface area (Å²) in [5.41, 5.74) is 0.624. The molecule has 0 aliphatic rings. The molecule has 0 heterocycles. The maximum Gasteiger partial charge on any atom is 0.254 e. The lowest BCUT2D eigenvalue weighted by atomic mass is 10.0. The van der Waals surface area contributed by atoms with Gasteiger partial charge in [-0.2, -0.15) is 0 Å². The molecule has 0 saturated heterocycles. The van der Waals surface area contributed by atoms with Gasteiger partial charge in [-0.1, -0.05) is 32.9 Å². The van der Waals surface area contributed by atoms with E-state index in [-0.39, 0.29) is 17.5 Å². The highest BCUT2D eigenvalue weighted by atomic mass is 19.1. The van der Waals surface area contributed by atoms with Crippen molar-refractivity contribution in [2.45, 2.75) is 40.2 Å². The summed E-state index contributed by atoms with van der Waals surface area (Å²) in [6, 6.07) is 4.96. The number of hydrogen-bond acceptors (Lipinski definition) is 1. The molecular weight excluding hydrogens is 217 g/mol. The minimum Gasteiger partial charge on any atom is -0.349 e. The largest absolute Gasteiger partial charge is 0.349 e. The maximum atomic E-state index is 13.7. The van der Waals surface area contributed by atoms with E-state index >= 15 is 0 Å². The number of rotatable bonds is 4. The molecule has 2 nitrogen and oxygen atoms in total. The summed E-state index contributed by atoms with van der Waals surface area (Å²) in [7, 11) is 0. The Morgan fingerprint density at radius 3 is 2.59 bits per heavy atom. The molecule has 17 heavy (non-hydrogen) atoms. The molecular formula is C14H20FNO. The molecule has 0 aliphatic carbocycles. The van der Waals surface area contributed by atoms with Crippen LogP contribution >= 0.6 is 0 Å². The second-order valence-electron chi connectivity index (χ2n) is 4.67. The predicted molar refractivity (Wildman–Crippen MR) is 67.5 cm³/mol. The zero-order valence-electron chi connectivity index (χ0n) is 10.9. The van der Waals surface area contributed by atoms with Gasteiger partial charge < -0.3 is 5.32 Å². The minimum atomic E-state index is -0.427. The zero-order valence-corrected chi connectivity index (χ0v) is 10.9. The molecule has 1 aromatic rings. The van der Waals surface area contributed by atoms with E-state index in [0.29, 0.717) is 11.5 Å². The predicted octanol–water partition coefficient (Wildman–Crippen LogP) is 3.30. The van der Waals surface area contributed by atoms with E-state index < -0.39 is 5.82 Å². The van der Waals surface area contributed by atoms with Crippen molar-refractivity contribution in [3.8, 4) is 0 Å². The van der Waals surface area contributed by atoms with Crippen LogP contribution in [0.2, 0.25) is 0 Å². The van der Waals surface area contributed by atoms with Crippen molar-refractivity contribution in [1.82, 2.24) is 5.32 Å². The fourth-order valence-corrected chi connectivity index (χ4v) is 1.81. The van der Waals surface area contributed by atoms with Gasteiger partial charge in [-0.15, -0.1) is 0 Å². The van der Waals surface area contributed by atoms with Crippen LogP contribution in [0.25, 0.3) is 0 Å². The van der Waals surface area contributed by atoms with Crippen LogP contribution in [0.5, 0.6) is 0 Å². The lowest BCUT2D eigenvalue weighted by Crippen LogP contribution is -2.38. The van der Waals surface area contributed by atoms with Gasteiger partial charge in [0.2, 0.25) is 0 Å². The third-order valence-corrected chi connectivity index (χ3v) is 3.00. The van der Waals surface area contributed by atoms with Gasteiger partial charge in [0, 0.05) is 6.04 Å². The molecule has 3 heteroatoms. The first-order valence-electron chi connectivity index (χ1n) is 6.03. The molecule has 0 spiro atoms. The molecule has 94 valence electrons. The molecule has 0 aliphatic heterocycles. The Morgan fingerprint density at radius 1 is 1.41 bits per heavy atom. The van der Waals surface area contributed by atoms with E-state index in [1.165, 1.54) is 6.07 Å². The Hall–Kier alpha value is -1.38. The summed E-state index contributed by atoms with van der Waals surface area (Å²) in [5.74, 6) is -0.410. The summed E-state index contributed by atoms with van der Waals surface area (Å²) < 4.78 is 13.7. The maximum absolute atomic E-state index is 13.7. The van der Waals surface area contributed by atoms with Crippen molar-refractivity contribution in [2.75, 3.05) is 0 Å². The van der Waals surface area contributed by atoms with Gasteiger partial charge in [0.25, 0.3) is 5.91 Å². The van der Waals surface area contributed by atoms with Gasteiger partial charge in [0.05, 0.1) is 5.56 Å². The highest BCUT2D eigenvalue weighted by Crippen LogP contribution is 2.13. The number of carbonyl (C=O) groups is 1. The smallest absolute Gasteiger partial charge is 0.254 e. The topological polar surface area (TPSA) is 29.1 Å². The van der Waals surface area contributed by atoms with E-state index in [1.807, 2.05) is 20.8 Å². The van der Waals surface area contributed by atoms with Crippen molar-refractivity contribution < 1.29 is 9.18 Å². The number of carbonyl (C=O) groups excluding carboxylic acids is 1. The standard InChI is InChI=1S/C14H20FNO/c1-5-12(9(2)3)16-14(17)11-8-6-7-10(4)13(11)15/h6-9,12H,5H2,1-4H3,(H,16,17). The highest BCUT2D eigenvalue weighted by molar-refractivity contribution is 5.94.